The van der Waals surface area contributed by atoms with Gasteiger partial charge in [-0.25, -0.2) is 0 Å². The molecule has 2 saturated heterocycles. The molecule has 0 bridgehead atoms. The number of amides is 1. The van der Waals surface area contributed by atoms with Gasteiger partial charge >= 0.3 is 0 Å². The van der Waals surface area contributed by atoms with Crippen LogP contribution in [0.1, 0.15) is 52.0 Å². The summed E-state index contributed by atoms with van der Waals surface area (Å²) in [5, 5.41) is 3.38. The minimum atomic E-state index is -0.106. The van der Waals surface area contributed by atoms with Crippen LogP contribution in [0, 0.1) is 11.3 Å². The molecule has 6 heteroatoms. The highest BCUT2D eigenvalue weighted by Crippen LogP contribution is 2.34. The Bertz CT molecular complexity index is 675. The first-order valence-corrected chi connectivity index (χ1v) is 10.7. The zero-order chi connectivity index (χ0) is 20.1. The Morgan fingerprint density at radius 2 is 1.82 bits per heavy atom. The Morgan fingerprint density at radius 1 is 1.14 bits per heavy atom. The molecule has 0 unspecified atom stereocenters. The van der Waals surface area contributed by atoms with Gasteiger partial charge in [-0.3, -0.25) is 14.5 Å². The lowest BCUT2D eigenvalue weighted by atomic mass is 9.75. The summed E-state index contributed by atoms with van der Waals surface area (Å²) in [5.74, 6) is 0.952. The molecule has 1 amide bonds. The normalized spacial score (nSPS) is 20.2. The van der Waals surface area contributed by atoms with Crippen LogP contribution in [0.4, 0.5) is 0 Å². The lowest BCUT2D eigenvalue weighted by Crippen LogP contribution is -2.50. The molecule has 0 radical (unpaired) electrons. The van der Waals surface area contributed by atoms with Gasteiger partial charge in [0.15, 0.2) is 0 Å². The van der Waals surface area contributed by atoms with E-state index in [4.69, 9.17) is 0 Å². The summed E-state index contributed by atoms with van der Waals surface area (Å²) in [5.41, 5.74) is 1.23. The number of aromatic amines is 1. The second-order valence-corrected chi connectivity index (χ2v) is 9.48. The molecular weight excluding hydrogens is 352 g/mol. The third-order valence-corrected chi connectivity index (χ3v) is 6.44. The maximum atomic E-state index is 13.3. The van der Waals surface area contributed by atoms with Crippen LogP contribution in [0.2, 0.25) is 0 Å². The number of nitrogens with one attached hydrogen (secondary N) is 2. The number of aromatic nitrogens is 1. The Balaban J connectivity index is 1.63. The maximum Gasteiger partial charge on any atom is 0.247 e. The molecule has 2 aliphatic rings. The molecular formula is C22H36N4O2. The van der Waals surface area contributed by atoms with E-state index in [0.29, 0.717) is 18.5 Å². The fourth-order valence-electron chi connectivity index (χ4n) is 4.52. The molecule has 6 nitrogen and oxygen atoms in total. The molecule has 0 saturated carbocycles. The highest BCUT2D eigenvalue weighted by atomic mass is 16.2. The molecule has 1 aromatic rings. The van der Waals surface area contributed by atoms with Gasteiger partial charge in [-0.2, -0.15) is 0 Å². The van der Waals surface area contributed by atoms with E-state index >= 15 is 0 Å². The van der Waals surface area contributed by atoms with Gasteiger partial charge in [-0.05, 0) is 68.8 Å². The number of hydrogen-bond acceptors (Lipinski definition) is 4. The summed E-state index contributed by atoms with van der Waals surface area (Å²) in [6.45, 7) is 12.0. The van der Waals surface area contributed by atoms with Crippen molar-refractivity contribution in [2.45, 2.75) is 59.0 Å². The predicted molar refractivity (Wildman–Crippen MR) is 112 cm³/mol. The number of H-pyrrole nitrogens is 1. The van der Waals surface area contributed by atoms with Crippen molar-refractivity contribution in [3.8, 4) is 0 Å². The molecule has 3 heterocycles. The van der Waals surface area contributed by atoms with Crippen LogP contribution in [-0.2, 0) is 11.3 Å². The minimum Gasteiger partial charge on any atom is -0.334 e. The van der Waals surface area contributed by atoms with E-state index in [1.807, 2.05) is 11.0 Å². The molecule has 2 N–H and O–H groups in total. The molecule has 0 aliphatic carbocycles. The summed E-state index contributed by atoms with van der Waals surface area (Å²) in [4.78, 5) is 31.7. The van der Waals surface area contributed by atoms with E-state index in [9.17, 15) is 9.59 Å². The summed E-state index contributed by atoms with van der Waals surface area (Å²) >= 11 is 0. The average Bonchev–Trinajstić information content (AvgIpc) is 2.68. The van der Waals surface area contributed by atoms with Gasteiger partial charge in [0.25, 0.3) is 0 Å². The Hall–Kier alpha value is -1.66. The van der Waals surface area contributed by atoms with E-state index in [0.717, 1.165) is 50.5 Å². The molecule has 0 atom stereocenters. The van der Waals surface area contributed by atoms with Gasteiger partial charge in [0, 0.05) is 24.8 Å². The average molecular weight is 389 g/mol. The van der Waals surface area contributed by atoms with Gasteiger partial charge in [0.05, 0.1) is 6.54 Å². The van der Waals surface area contributed by atoms with Crippen molar-refractivity contribution < 1.29 is 4.79 Å². The van der Waals surface area contributed by atoms with Gasteiger partial charge in [-0.15, -0.1) is 0 Å². The summed E-state index contributed by atoms with van der Waals surface area (Å²) in [6.07, 6.45) is 6.05. The smallest absolute Gasteiger partial charge is 0.247 e. The van der Waals surface area contributed by atoms with Gasteiger partial charge in [0.1, 0.15) is 0 Å². The standard InChI is InChI=1S/C22H36N4O2/c1-22(2,3)18-8-12-25(13-9-18)16-21(28)26(19-6-10-23-11-7-19)15-17-4-5-20(27)24-14-17/h4-5,14,18-19,23H,6-13,15-16H2,1-3H3,(H,24,27). The fraction of sp³-hybridized carbons (Fsp3) is 0.727. The Kier molecular flexibility index (Phi) is 6.94. The van der Waals surface area contributed by atoms with Crippen molar-refractivity contribution >= 4 is 5.91 Å². The second-order valence-electron chi connectivity index (χ2n) is 9.48. The molecule has 0 spiro atoms. The van der Waals surface area contributed by atoms with Crippen molar-refractivity contribution in [2.75, 3.05) is 32.7 Å². The first-order valence-electron chi connectivity index (χ1n) is 10.7. The third-order valence-electron chi connectivity index (χ3n) is 6.44. The lowest BCUT2D eigenvalue weighted by molar-refractivity contribution is -0.136. The van der Waals surface area contributed by atoms with Crippen molar-refractivity contribution in [1.29, 1.82) is 0 Å². The van der Waals surface area contributed by atoms with Gasteiger partial charge in [0.2, 0.25) is 11.5 Å². The maximum absolute atomic E-state index is 13.3. The number of likely N-dealkylation sites (tertiary alicyclic amines) is 1. The van der Waals surface area contributed by atoms with Crippen LogP contribution in [0.25, 0.3) is 0 Å². The molecule has 1 aromatic heterocycles. The van der Waals surface area contributed by atoms with Crippen molar-refractivity contribution in [3.63, 3.8) is 0 Å². The van der Waals surface area contributed by atoms with E-state index in [1.54, 1.807) is 6.20 Å². The minimum absolute atomic E-state index is 0.106. The Labute approximate surface area is 168 Å². The van der Waals surface area contributed by atoms with Crippen LogP contribution in [-0.4, -0.2) is 59.5 Å². The zero-order valence-electron chi connectivity index (χ0n) is 17.7. The Morgan fingerprint density at radius 3 is 2.39 bits per heavy atom. The number of pyridine rings is 1. The molecule has 2 aliphatic heterocycles. The SMILES string of the molecule is CC(C)(C)C1CCN(CC(=O)N(Cc2ccc(=O)[nH]c2)C2CCNCC2)CC1. The molecule has 2 fully saturated rings. The number of piperidine rings is 2. The van der Waals surface area contributed by atoms with Crippen LogP contribution in [0.5, 0.6) is 0 Å². The summed E-state index contributed by atoms with van der Waals surface area (Å²) in [6, 6.07) is 3.64. The number of hydrogen-bond donors (Lipinski definition) is 2. The van der Waals surface area contributed by atoms with E-state index < -0.39 is 0 Å². The largest absolute Gasteiger partial charge is 0.334 e. The van der Waals surface area contributed by atoms with E-state index in [2.05, 4.69) is 36.0 Å². The predicted octanol–water partition coefficient (Wildman–Crippen LogP) is 2.21. The summed E-state index contributed by atoms with van der Waals surface area (Å²) in [7, 11) is 0. The fourth-order valence-corrected chi connectivity index (χ4v) is 4.52. The van der Waals surface area contributed by atoms with E-state index in [1.165, 1.54) is 18.9 Å². The monoisotopic (exact) mass is 388 g/mol. The molecule has 156 valence electrons. The highest BCUT2D eigenvalue weighted by Gasteiger charge is 2.31. The first-order chi connectivity index (χ1) is 13.3. The van der Waals surface area contributed by atoms with Crippen LogP contribution >= 0.6 is 0 Å². The number of carbonyl (C=O) groups excluding carboxylic acids is 1. The van der Waals surface area contributed by atoms with Crippen molar-refractivity contribution in [3.05, 3.63) is 34.2 Å². The van der Waals surface area contributed by atoms with Gasteiger partial charge in [-0.1, -0.05) is 26.8 Å². The molecule has 28 heavy (non-hydrogen) atoms. The lowest BCUT2D eigenvalue weighted by Gasteiger charge is -2.40. The van der Waals surface area contributed by atoms with Crippen LogP contribution in [0.3, 0.4) is 0 Å². The van der Waals surface area contributed by atoms with Crippen molar-refractivity contribution in [1.82, 2.24) is 20.1 Å². The zero-order valence-corrected chi connectivity index (χ0v) is 17.7. The molecule has 0 aromatic carbocycles. The van der Waals surface area contributed by atoms with Gasteiger partial charge < -0.3 is 15.2 Å². The highest BCUT2D eigenvalue weighted by molar-refractivity contribution is 5.78. The third kappa shape index (κ3) is 5.67. The van der Waals surface area contributed by atoms with Crippen LogP contribution < -0.4 is 10.9 Å². The number of nitrogens with zero attached hydrogens (tertiary/aromatic N) is 2. The topological polar surface area (TPSA) is 68.4 Å². The number of carbonyl (C=O) groups is 1. The quantitative estimate of drug-likeness (QED) is 0.812. The number of rotatable bonds is 5. The van der Waals surface area contributed by atoms with E-state index in [-0.39, 0.29) is 17.5 Å². The summed E-state index contributed by atoms with van der Waals surface area (Å²) < 4.78 is 0. The second kappa shape index (κ2) is 9.23. The first kappa shape index (κ1) is 21.1. The molecule has 3 rings (SSSR count). The van der Waals surface area contributed by atoms with Crippen LogP contribution in [0.15, 0.2) is 23.1 Å². The van der Waals surface area contributed by atoms with Crippen molar-refractivity contribution in [2.24, 2.45) is 11.3 Å².